The molecule has 1 aromatic heterocycles. The molecule has 1 aliphatic rings. The molecule has 1 aliphatic heterocycles. The molecule has 7 heteroatoms. The summed E-state index contributed by atoms with van der Waals surface area (Å²) in [4.78, 5) is 13.2. The van der Waals surface area contributed by atoms with Crippen molar-refractivity contribution in [1.29, 1.82) is 0 Å². The lowest BCUT2D eigenvalue weighted by molar-refractivity contribution is -0.114. The van der Waals surface area contributed by atoms with Crippen molar-refractivity contribution in [3.63, 3.8) is 0 Å². The number of carbonyl (C=O) groups excluding carboxylic acids is 1. The summed E-state index contributed by atoms with van der Waals surface area (Å²) >= 11 is 4.95. The van der Waals surface area contributed by atoms with Crippen molar-refractivity contribution in [3.05, 3.63) is 92.8 Å². The first-order valence-corrected chi connectivity index (χ1v) is 10.7. The number of halogens is 1. The predicted octanol–water partition coefficient (Wildman–Crippen LogP) is 4.88. The molecule has 0 fully saturated rings. The molecular weight excluding hydrogens is 450 g/mol. The van der Waals surface area contributed by atoms with Gasteiger partial charge in [-0.2, -0.15) is 5.10 Å². The SMILES string of the molecule is O=C1NCC(OCC(=NNc2ccc(Br)cc2)c2ccccc2)=C1c1cccs1. The molecule has 0 spiro atoms. The van der Waals surface area contributed by atoms with Crippen LogP contribution in [0.25, 0.3) is 5.57 Å². The number of anilines is 1. The standard InChI is InChI=1S/C22H18BrN3O2S/c23-16-8-10-17(11-9-16)25-26-18(15-5-2-1-3-6-15)14-28-19-13-24-22(27)21(19)20-7-4-12-29-20/h1-12,25H,13-14H2,(H,24,27). The summed E-state index contributed by atoms with van der Waals surface area (Å²) in [7, 11) is 0. The van der Waals surface area contributed by atoms with Crippen molar-refractivity contribution in [2.75, 3.05) is 18.6 Å². The lowest BCUT2D eigenvalue weighted by Crippen LogP contribution is -2.18. The fourth-order valence-electron chi connectivity index (χ4n) is 2.88. The Balaban J connectivity index is 1.56. The Morgan fingerprint density at radius 3 is 2.62 bits per heavy atom. The maximum Gasteiger partial charge on any atom is 0.256 e. The molecule has 2 N–H and O–H groups in total. The van der Waals surface area contributed by atoms with Crippen LogP contribution in [0.5, 0.6) is 0 Å². The van der Waals surface area contributed by atoms with Gasteiger partial charge in [0.1, 0.15) is 18.1 Å². The Morgan fingerprint density at radius 1 is 1.10 bits per heavy atom. The lowest BCUT2D eigenvalue weighted by Gasteiger charge is -2.11. The second-order valence-electron chi connectivity index (χ2n) is 6.29. The van der Waals surface area contributed by atoms with Crippen LogP contribution in [-0.4, -0.2) is 24.8 Å². The molecule has 29 heavy (non-hydrogen) atoms. The Labute approximate surface area is 181 Å². The van der Waals surface area contributed by atoms with Crippen molar-refractivity contribution >= 4 is 50.1 Å². The van der Waals surface area contributed by atoms with E-state index in [1.165, 1.54) is 11.3 Å². The number of hydrazone groups is 1. The van der Waals surface area contributed by atoms with Crippen LogP contribution in [0.15, 0.2) is 87.4 Å². The number of nitrogens with one attached hydrogen (secondary N) is 2. The highest BCUT2D eigenvalue weighted by Gasteiger charge is 2.26. The van der Waals surface area contributed by atoms with Gasteiger partial charge in [-0.1, -0.05) is 52.3 Å². The Kier molecular flexibility index (Phi) is 6.07. The number of nitrogens with zero attached hydrogens (tertiary/aromatic N) is 1. The van der Waals surface area contributed by atoms with E-state index in [-0.39, 0.29) is 12.5 Å². The fraction of sp³-hybridized carbons (Fsp3) is 0.0909. The van der Waals surface area contributed by atoms with Crippen LogP contribution in [-0.2, 0) is 9.53 Å². The van der Waals surface area contributed by atoms with Crippen molar-refractivity contribution in [2.45, 2.75) is 0 Å². The number of hydrogen-bond acceptors (Lipinski definition) is 5. The van der Waals surface area contributed by atoms with Crippen molar-refractivity contribution < 1.29 is 9.53 Å². The molecule has 1 amide bonds. The smallest absolute Gasteiger partial charge is 0.256 e. The van der Waals surface area contributed by atoms with Gasteiger partial charge in [0.15, 0.2) is 0 Å². The highest BCUT2D eigenvalue weighted by molar-refractivity contribution is 9.10. The van der Waals surface area contributed by atoms with Gasteiger partial charge in [0.25, 0.3) is 5.91 Å². The molecule has 0 radical (unpaired) electrons. The van der Waals surface area contributed by atoms with E-state index in [1.807, 2.05) is 72.1 Å². The van der Waals surface area contributed by atoms with Crippen LogP contribution in [0.1, 0.15) is 10.4 Å². The Bertz CT molecular complexity index is 1050. The molecular formula is C22H18BrN3O2S. The zero-order valence-electron chi connectivity index (χ0n) is 15.4. The van der Waals surface area contributed by atoms with E-state index in [2.05, 4.69) is 31.8 Å². The Hall–Kier alpha value is -2.90. The molecule has 5 nitrogen and oxygen atoms in total. The average Bonchev–Trinajstić information content (AvgIpc) is 3.39. The third-order valence-electron chi connectivity index (χ3n) is 4.34. The van der Waals surface area contributed by atoms with Gasteiger partial charge in [-0.15, -0.1) is 11.3 Å². The number of carbonyl (C=O) groups is 1. The van der Waals surface area contributed by atoms with Gasteiger partial charge < -0.3 is 10.1 Å². The van der Waals surface area contributed by atoms with Gasteiger partial charge in [0, 0.05) is 14.9 Å². The van der Waals surface area contributed by atoms with Crippen molar-refractivity contribution in [1.82, 2.24) is 5.32 Å². The number of hydrogen-bond donors (Lipinski definition) is 2. The highest BCUT2D eigenvalue weighted by Crippen LogP contribution is 2.27. The molecule has 0 saturated heterocycles. The zero-order chi connectivity index (χ0) is 20.1. The van der Waals surface area contributed by atoms with Gasteiger partial charge in [0.05, 0.1) is 17.8 Å². The number of ether oxygens (including phenoxy) is 1. The summed E-state index contributed by atoms with van der Waals surface area (Å²) in [6, 6.07) is 21.5. The van der Waals surface area contributed by atoms with E-state index >= 15 is 0 Å². The zero-order valence-corrected chi connectivity index (χ0v) is 17.8. The number of amides is 1. The Morgan fingerprint density at radius 2 is 1.90 bits per heavy atom. The van der Waals surface area contributed by atoms with Gasteiger partial charge in [-0.3, -0.25) is 10.2 Å². The fourth-order valence-corrected chi connectivity index (χ4v) is 3.93. The van der Waals surface area contributed by atoms with Crippen LogP contribution >= 0.6 is 27.3 Å². The summed E-state index contributed by atoms with van der Waals surface area (Å²) < 4.78 is 7.06. The van der Waals surface area contributed by atoms with Gasteiger partial charge >= 0.3 is 0 Å². The van der Waals surface area contributed by atoms with E-state index in [4.69, 9.17) is 4.74 Å². The first-order chi connectivity index (χ1) is 14.2. The number of rotatable bonds is 7. The van der Waals surface area contributed by atoms with Crippen LogP contribution in [0, 0.1) is 0 Å². The minimum atomic E-state index is -0.103. The molecule has 0 saturated carbocycles. The monoisotopic (exact) mass is 467 g/mol. The van der Waals surface area contributed by atoms with Gasteiger partial charge in [-0.05, 0) is 35.7 Å². The normalized spacial score (nSPS) is 14.1. The van der Waals surface area contributed by atoms with E-state index in [1.54, 1.807) is 0 Å². The second-order valence-corrected chi connectivity index (χ2v) is 8.15. The topological polar surface area (TPSA) is 62.7 Å². The number of benzene rings is 2. The first-order valence-electron chi connectivity index (χ1n) is 9.02. The van der Waals surface area contributed by atoms with E-state index in [0.717, 1.165) is 26.3 Å². The van der Waals surface area contributed by atoms with Crippen molar-refractivity contribution in [2.24, 2.45) is 5.10 Å². The molecule has 0 atom stereocenters. The summed E-state index contributed by atoms with van der Waals surface area (Å²) in [6.07, 6.45) is 0. The van der Waals surface area contributed by atoms with Crippen LogP contribution in [0.2, 0.25) is 0 Å². The molecule has 0 bridgehead atoms. The molecule has 0 unspecified atom stereocenters. The number of thiophene rings is 1. The molecule has 2 heterocycles. The largest absolute Gasteiger partial charge is 0.489 e. The van der Waals surface area contributed by atoms with Crippen LogP contribution in [0.4, 0.5) is 5.69 Å². The molecule has 0 aliphatic carbocycles. The van der Waals surface area contributed by atoms with E-state index in [0.29, 0.717) is 17.9 Å². The van der Waals surface area contributed by atoms with Crippen LogP contribution < -0.4 is 10.7 Å². The van der Waals surface area contributed by atoms with E-state index < -0.39 is 0 Å². The third kappa shape index (κ3) is 4.75. The van der Waals surface area contributed by atoms with Gasteiger partial charge in [-0.25, -0.2) is 0 Å². The molecule has 2 aromatic carbocycles. The maximum absolute atomic E-state index is 12.2. The minimum Gasteiger partial charge on any atom is -0.489 e. The van der Waals surface area contributed by atoms with Gasteiger partial charge in [0.2, 0.25) is 0 Å². The summed E-state index contributed by atoms with van der Waals surface area (Å²) in [5.41, 5.74) is 6.25. The molecule has 146 valence electrons. The summed E-state index contributed by atoms with van der Waals surface area (Å²) in [5.74, 6) is 0.540. The second kappa shape index (κ2) is 9.07. The predicted molar refractivity (Wildman–Crippen MR) is 121 cm³/mol. The van der Waals surface area contributed by atoms with E-state index in [9.17, 15) is 4.79 Å². The minimum absolute atomic E-state index is 0.103. The maximum atomic E-state index is 12.2. The third-order valence-corrected chi connectivity index (χ3v) is 5.75. The lowest BCUT2D eigenvalue weighted by atomic mass is 10.1. The molecule has 3 aromatic rings. The highest BCUT2D eigenvalue weighted by atomic mass is 79.9. The summed E-state index contributed by atoms with van der Waals surface area (Å²) in [6.45, 7) is 0.626. The average molecular weight is 468 g/mol. The molecule has 4 rings (SSSR count). The van der Waals surface area contributed by atoms with Crippen LogP contribution in [0.3, 0.4) is 0 Å². The van der Waals surface area contributed by atoms with Crippen molar-refractivity contribution in [3.8, 4) is 0 Å². The quantitative estimate of drug-likeness (QED) is 0.384. The summed E-state index contributed by atoms with van der Waals surface area (Å²) in [5, 5.41) is 9.35. The first kappa shape index (κ1) is 19.4.